The minimum absolute atomic E-state index is 0.00887. The second-order valence-corrected chi connectivity index (χ2v) is 8.14. The van der Waals surface area contributed by atoms with Crippen LogP contribution in [0.2, 0.25) is 5.02 Å². The van der Waals surface area contributed by atoms with Gasteiger partial charge in [0, 0.05) is 24.2 Å². The van der Waals surface area contributed by atoms with E-state index in [1.54, 1.807) is 18.2 Å². The van der Waals surface area contributed by atoms with Gasteiger partial charge in [0.1, 0.15) is 11.8 Å². The lowest BCUT2D eigenvalue weighted by Crippen LogP contribution is -2.39. The Morgan fingerprint density at radius 2 is 1.97 bits per heavy atom. The Kier molecular flexibility index (Phi) is 6.03. The molecule has 0 atom stereocenters. The first kappa shape index (κ1) is 19.8. The van der Waals surface area contributed by atoms with Gasteiger partial charge in [-0.1, -0.05) is 17.7 Å². The van der Waals surface area contributed by atoms with Crippen molar-refractivity contribution < 1.29 is 9.53 Å². The summed E-state index contributed by atoms with van der Waals surface area (Å²) in [7, 11) is 0. The molecule has 6 heteroatoms. The number of nitrogens with one attached hydrogen (secondary N) is 2. The zero-order valence-electron chi connectivity index (χ0n) is 16.2. The number of hydrogen-bond donors (Lipinski definition) is 2. The molecule has 2 aromatic carbocycles. The first-order valence-electron chi connectivity index (χ1n) is 10.1. The normalized spacial score (nSPS) is 21.0. The first-order valence-corrected chi connectivity index (χ1v) is 10.5. The number of hydrogen-bond acceptors (Lipinski definition) is 4. The van der Waals surface area contributed by atoms with Gasteiger partial charge in [-0.3, -0.25) is 4.79 Å². The van der Waals surface area contributed by atoms with Gasteiger partial charge in [0.25, 0.3) is 5.91 Å². The van der Waals surface area contributed by atoms with Crippen LogP contribution in [0.3, 0.4) is 0 Å². The molecule has 0 saturated heterocycles. The molecule has 29 heavy (non-hydrogen) atoms. The van der Waals surface area contributed by atoms with Crippen LogP contribution >= 0.6 is 11.6 Å². The zero-order valence-corrected chi connectivity index (χ0v) is 17.0. The zero-order chi connectivity index (χ0) is 20.2. The lowest BCUT2D eigenvalue weighted by molar-refractivity contribution is 0.0894. The smallest absolute Gasteiger partial charge is 0.251 e. The predicted octanol–water partition coefficient (Wildman–Crippen LogP) is 3.98. The molecule has 1 heterocycles. The fourth-order valence-electron chi connectivity index (χ4n) is 4.06. The molecule has 1 amide bonds. The number of halogens is 1. The highest BCUT2D eigenvalue weighted by molar-refractivity contribution is 6.31. The fourth-order valence-corrected chi connectivity index (χ4v) is 4.28. The van der Waals surface area contributed by atoms with Crippen molar-refractivity contribution in [1.29, 1.82) is 5.26 Å². The lowest BCUT2D eigenvalue weighted by atomic mass is 9.92. The highest BCUT2D eigenvalue weighted by Crippen LogP contribution is 2.27. The SMILES string of the molecule is N#Cc1ccc(OC2CCC(NC(=O)c3ccc4c(c3)CCNC4)CC2)cc1Cl. The summed E-state index contributed by atoms with van der Waals surface area (Å²) in [6.07, 6.45) is 4.59. The minimum Gasteiger partial charge on any atom is -0.490 e. The standard InChI is InChI=1S/C23H24ClN3O2/c24-22-12-21(6-3-17(22)13-25)29-20-7-4-19(5-8-20)27-23(28)16-1-2-18-14-26-10-9-15(18)11-16/h1-3,6,11-12,19-20,26H,4-5,7-10,14H2,(H,27,28). The Balaban J connectivity index is 1.29. The van der Waals surface area contributed by atoms with Crippen molar-refractivity contribution in [2.45, 2.75) is 50.8 Å². The molecule has 1 saturated carbocycles. The van der Waals surface area contributed by atoms with E-state index in [1.807, 2.05) is 18.2 Å². The third-order valence-electron chi connectivity index (χ3n) is 5.73. The summed E-state index contributed by atoms with van der Waals surface area (Å²) in [5, 5.41) is 15.9. The number of fused-ring (bicyclic) bond motifs is 1. The number of nitrogens with zero attached hydrogens (tertiary/aromatic N) is 1. The Morgan fingerprint density at radius 3 is 2.72 bits per heavy atom. The van der Waals surface area contributed by atoms with Gasteiger partial charge in [0.05, 0.1) is 16.7 Å². The van der Waals surface area contributed by atoms with Crippen LogP contribution in [0.25, 0.3) is 0 Å². The van der Waals surface area contributed by atoms with Crippen molar-refractivity contribution in [2.75, 3.05) is 6.54 Å². The fraction of sp³-hybridized carbons (Fsp3) is 0.391. The van der Waals surface area contributed by atoms with Crippen LogP contribution in [0, 0.1) is 11.3 Å². The first-order chi connectivity index (χ1) is 14.1. The van der Waals surface area contributed by atoms with Crippen molar-refractivity contribution in [3.63, 3.8) is 0 Å². The van der Waals surface area contributed by atoms with Gasteiger partial charge < -0.3 is 15.4 Å². The minimum atomic E-state index is 0.00887. The van der Waals surface area contributed by atoms with E-state index in [9.17, 15) is 4.79 Å². The van der Waals surface area contributed by atoms with Crippen molar-refractivity contribution >= 4 is 17.5 Å². The van der Waals surface area contributed by atoms with Crippen LogP contribution < -0.4 is 15.4 Å². The van der Waals surface area contributed by atoms with Gasteiger partial charge >= 0.3 is 0 Å². The maximum atomic E-state index is 12.7. The number of carbonyl (C=O) groups excluding carboxylic acids is 1. The number of benzene rings is 2. The summed E-state index contributed by atoms with van der Waals surface area (Å²) in [5.74, 6) is 0.694. The van der Waals surface area contributed by atoms with Crippen LogP contribution in [-0.2, 0) is 13.0 Å². The molecule has 1 aliphatic carbocycles. The van der Waals surface area contributed by atoms with E-state index in [1.165, 1.54) is 11.1 Å². The van der Waals surface area contributed by atoms with Crippen molar-refractivity contribution in [3.05, 3.63) is 63.7 Å². The topological polar surface area (TPSA) is 74.1 Å². The van der Waals surface area contributed by atoms with Crippen LogP contribution in [-0.4, -0.2) is 24.6 Å². The van der Waals surface area contributed by atoms with Crippen molar-refractivity contribution in [1.82, 2.24) is 10.6 Å². The van der Waals surface area contributed by atoms with Crippen LogP contribution in [0.15, 0.2) is 36.4 Å². The lowest BCUT2D eigenvalue weighted by Gasteiger charge is -2.29. The summed E-state index contributed by atoms with van der Waals surface area (Å²) >= 11 is 6.08. The van der Waals surface area contributed by atoms with E-state index in [4.69, 9.17) is 21.6 Å². The van der Waals surface area contributed by atoms with E-state index in [0.717, 1.165) is 50.8 Å². The van der Waals surface area contributed by atoms with Crippen LogP contribution in [0.4, 0.5) is 0 Å². The van der Waals surface area contributed by atoms with E-state index >= 15 is 0 Å². The van der Waals surface area contributed by atoms with Gasteiger partial charge in [-0.25, -0.2) is 0 Å². The van der Waals surface area contributed by atoms with Crippen molar-refractivity contribution in [3.8, 4) is 11.8 Å². The number of amides is 1. The third-order valence-corrected chi connectivity index (χ3v) is 6.04. The summed E-state index contributed by atoms with van der Waals surface area (Å²) in [6, 6.07) is 13.4. The van der Waals surface area contributed by atoms with E-state index in [-0.39, 0.29) is 18.1 Å². The highest BCUT2D eigenvalue weighted by atomic mass is 35.5. The van der Waals surface area contributed by atoms with E-state index in [0.29, 0.717) is 16.3 Å². The molecule has 2 N–H and O–H groups in total. The van der Waals surface area contributed by atoms with Gasteiger partial charge in [-0.05, 0) is 74.0 Å². The molecule has 1 fully saturated rings. The third kappa shape index (κ3) is 4.72. The molecule has 0 aromatic heterocycles. The van der Waals surface area contributed by atoms with Crippen LogP contribution in [0.5, 0.6) is 5.75 Å². The molecule has 150 valence electrons. The molecular formula is C23H24ClN3O2. The second kappa shape index (κ2) is 8.86. The molecule has 5 nitrogen and oxygen atoms in total. The second-order valence-electron chi connectivity index (χ2n) is 7.73. The number of nitriles is 1. The largest absolute Gasteiger partial charge is 0.490 e. The average molecular weight is 410 g/mol. The Labute approximate surface area is 176 Å². The molecule has 0 unspecified atom stereocenters. The molecule has 4 rings (SSSR count). The van der Waals surface area contributed by atoms with Gasteiger partial charge in [-0.15, -0.1) is 0 Å². The monoisotopic (exact) mass is 409 g/mol. The quantitative estimate of drug-likeness (QED) is 0.801. The van der Waals surface area contributed by atoms with Gasteiger partial charge in [0.2, 0.25) is 0 Å². The number of carbonyl (C=O) groups is 1. The Bertz CT molecular complexity index is 946. The average Bonchev–Trinajstić information content (AvgIpc) is 2.75. The van der Waals surface area contributed by atoms with E-state index < -0.39 is 0 Å². The number of rotatable bonds is 4. The molecule has 1 aliphatic heterocycles. The summed E-state index contributed by atoms with van der Waals surface area (Å²) in [6.45, 7) is 1.85. The summed E-state index contributed by atoms with van der Waals surface area (Å²) < 4.78 is 6.02. The summed E-state index contributed by atoms with van der Waals surface area (Å²) in [4.78, 5) is 12.7. The molecule has 0 spiro atoms. The van der Waals surface area contributed by atoms with Crippen LogP contribution in [0.1, 0.15) is 52.7 Å². The Hall–Kier alpha value is -2.55. The molecular weight excluding hydrogens is 386 g/mol. The van der Waals surface area contributed by atoms with Gasteiger partial charge in [-0.2, -0.15) is 5.26 Å². The maximum Gasteiger partial charge on any atom is 0.251 e. The molecule has 2 aromatic rings. The summed E-state index contributed by atoms with van der Waals surface area (Å²) in [5.41, 5.74) is 3.75. The maximum absolute atomic E-state index is 12.7. The Morgan fingerprint density at radius 1 is 1.14 bits per heavy atom. The van der Waals surface area contributed by atoms with E-state index in [2.05, 4.69) is 16.7 Å². The molecule has 2 aliphatic rings. The molecule has 0 bridgehead atoms. The number of ether oxygens (including phenoxy) is 1. The predicted molar refractivity (Wildman–Crippen MR) is 112 cm³/mol. The molecule has 0 radical (unpaired) electrons. The van der Waals surface area contributed by atoms with Gasteiger partial charge in [0.15, 0.2) is 0 Å². The van der Waals surface area contributed by atoms with Crippen molar-refractivity contribution in [2.24, 2.45) is 0 Å². The highest BCUT2D eigenvalue weighted by Gasteiger charge is 2.24.